The second-order valence-corrected chi connectivity index (χ2v) is 2.53. The predicted molar refractivity (Wildman–Crippen MR) is 42.7 cm³/mol. The normalized spacial score (nSPS) is 9.92. The summed E-state index contributed by atoms with van der Waals surface area (Å²) in [7, 11) is 0. The average molecular weight is 188 g/mol. The number of hydrogen-bond donors (Lipinski definition) is 0. The van der Waals surface area contributed by atoms with Gasteiger partial charge in [0.1, 0.15) is 0 Å². The molecule has 0 bridgehead atoms. The Hall–Kier alpha value is -1.14. The lowest BCUT2D eigenvalue weighted by atomic mass is 10.2. The van der Waals surface area contributed by atoms with Gasteiger partial charge in [-0.2, -0.15) is 0 Å². The van der Waals surface area contributed by atoms with Gasteiger partial charge in [0.05, 0.1) is 6.57 Å². The van der Waals surface area contributed by atoms with Crippen molar-refractivity contribution < 1.29 is 8.78 Å². The molecule has 0 fully saturated rings. The van der Waals surface area contributed by atoms with Gasteiger partial charge in [-0.3, -0.25) is 0 Å². The van der Waals surface area contributed by atoms with Gasteiger partial charge in [-0.15, -0.1) is 0 Å². The van der Waals surface area contributed by atoms with Crippen LogP contribution in [0.5, 0.6) is 0 Å². The van der Waals surface area contributed by atoms with E-state index in [0.29, 0.717) is 0 Å². The first-order valence-corrected chi connectivity index (χ1v) is 3.48. The molecule has 0 N–H and O–H groups in total. The van der Waals surface area contributed by atoms with Gasteiger partial charge >= 0.3 is 0 Å². The first-order chi connectivity index (χ1) is 5.65. The molecule has 1 nitrogen and oxygen atoms in total. The van der Waals surface area contributed by atoms with E-state index in [0.717, 1.165) is 6.07 Å². The van der Waals surface area contributed by atoms with E-state index in [4.69, 9.17) is 18.2 Å². The predicted octanol–water partition coefficient (Wildman–Crippen LogP) is 3.83. The maximum absolute atomic E-state index is 12.2. The lowest BCUT2D eigenvalue weighted by molar-refractivity contribution is 0.151. The highest BCUT2D eigenvalue weighted by molar-refractivity contribution is 6.31. The van der Waals surface area contributed by atoms with E-state index in [9.17, 15) is 8.78 Å². The highest BCUT2D eigenvalue weighted by Crippen LogP contribution is 2.30. The van der Waals surface area contributed by atoms with Crippen molar-refractivity contribution >= 4 is 17.3 Å². The molecule has 4 heteroatoms. The van der Waals surface area contributed by atoms with E-state index in [-0.39, 0.29) is 16.3 Å². The van der Waals surface area contributed by atoms with Crippen LogP contribution in [0.25, 0.3) is 4.85 Å². The SMILES string of the molecule is [C-]#[N+]c1ccc(Cl)c(C(F)F)c1. The lowest BCUT2D eigenvalue weighted by Crippen LogP contribution is -1.84. The van der Waals surface area contributed by atoms with Gasteiger partial charge in [0, 0.05) is 10.6 Å². The maximum atomic E-state index is 12.2. The minimum Gasteiger partial charge on any atom is -0.238 e. The number of hydrogen-bond acceptors (Lipinski definition) is 0. The third kappa shape index (κ3) is 1.72. The first-order valence-electron chi connectivity index (χ1n) is 3.10. The van der Waals surface area contributed by atoms with E-state index in [1.807, 2.05) is 0 Å². The summed E-state index contributed by atoms with van der Waals surface area (Å²) in [6.45, 7) is 6.59. The van der Waals surface area contributed by atoms with E-state index >= 15 is 0 Å². The van der Waals surface area contributed by atoms with Crippen molar-refractivity contribution in [3.05, 3.63) is 40.2 Å². The van der Waals surface area contributed by atoms with Crippen LogP contribution in [0.4, 0.5) is 14.5 Å². The summed E-state index contributed by atoms with van der Waals surface area (Å²) in [5.74, 6) is 0. The highest BCUT2D eigenvalue weighted by Gasteiger charge is 2.11. The maximum Gasteiger partial charge on any atom is 0.264 e. The third-order valence-corrected chi connectivity index (χ3v) is 1.69. The van der Waals surface area contributed by atoms with Gasteiger partial charge in [-0.05, 0) is 6.07 Å². The molecule has 0 aliphatic rings. The molecule has 0 atom stereocenters. The molecule has 0 saturated heterocycles. The first kappa shape index (κ1) is 8.95. The van der Waals surface area contributed by atoms with E-state index < -0.39 is 6.43 Å². The summed E-state index contributed by atoms with van der Waals surface area (Å²) >= 11 is 5.47. The summed E-state index contributed by atoms with van der Waals surface area (Å²) in [6.07, 6.45) is -2.63. The second kappa shape index (κ2) is 3.51. The molecule has 0 aliphatic carbocycles. The molecule has 62 valence electrons. The molecular formula is C8H4ClF2N. The van der Waals surface area contributed by atoms with Crippen molar-refractivity contribution in [1.29, 1.82) is 0 Å². The third-order valence-electron chi connectivity index (χ3n) is 1.34. The summed E-state index contributed by atoms with van der Waals surface area (Å²) in [6, 6.07) is 3.80. The Balaban J connectivity index is 3.19. The summed E-state index contributed by atoms with van der Waals surface area (Å²) in [5, 5.41) is -0.00241. The highest BCUT2D eigenvalue weighted by atomic mass is 35.5. The zero-order chi connectivity index (χ0) is 9.14. The van der Waals surface area contributed by atoms with E-state index in [2.05, 4.69) is 4.85 Å². The molecule has 1 aromatic rings. The van der Waals surface area contributed by atoms with Crippen molar-refractivity contribution in [2.75, 3.05) is 0 Å². The number of halogens is 3. The van der Waals surface area contributed by atoms with Gasteiger partial charge in [0.25, 0.3) is 6.43 Å². The Labute approximate surface area is 73.4 Å². The van der Waals surface area contributed by atoms with Crippen LogP contribution in [-0.4, -0.2) is 0 Å². The van der Waals surface area contributed by atoms with Crippen LogP contribution in [0.1, 0.15) is 12.0 Å². The fourth-order valence-electron chi connectivity index (χ4n) is 0.768. The Morgan fingerprint density at radius 1 is 1.42 bits per heavy atom. The molecule has 0 radical (unpaired) electrons. The van der Waals surface area contributed by atoms with Crippen LogP contribution in [0.2, 0.25) is 5.02 Å². The molecule has 0 aliphatic heterocycles. The van der Waals surface area contributed by atoms with Gasteiger partial charge in [-0.25, -0.2) is 13.6 Å². The molecule has 0 heterocycles. The number of alkyl halides is 2. The van der Waals surface area contributed by atoms with Crippen LogP contribution in [0.3, 0.4) is 0 Å². The monoisotopic (exact) mass is 187 g/mol. The van der Waals surface area contributed by atoms with Crippen molar-refractivity contribution in [3.63, 3.8) is 0 Å². The quantitative estimate of drug-likeness (QED) is 0.589. The van der Waals surface area contributed by atoms with Crippen LogP contribution >= 0.6 is 11.6 Å². The van der Waals surface area contributed by atoms with Crippen LogP contribution in [-0.2, 0) is 0 Å². The van der Waals surface area contributed by atoms with Crippen LogP contribution in [0, 0.1) is 6.57 Å². The Morgan fingerprint density at radius 2 is 2.08 bits per heavy atom. The number of rotatable bonds is 1. The van der Waals surface area contributed by atoms with E-state index in [1.165, 1.54) is 12.1 Å². The van der Waals surface area contributed by atoms with Crippen molar-refractivity contribution in [1.82, 2.24) is 0 Å². The van der Waals surface area contributed by atoms with Crippen molar-refractivity contribution in [2.24, 2.45) is 0 Å². The Bertz CT molecular complexity index is 330. The van der Waals surface area contributed by atoms with Gasteiger partial charge in [0.2, 0.25) is 0 Å². The Morgan fingerprint density at radius 3 is 2.58 bits per heavy atom. The van der Waals surface area contributed by atoms with Gasteiger partial charge in [0.15, 0.2) is 5.69 Å². The standard InChI is InChI=1S/C8H4ClF2N/c1-12-5-2-3-7(9)6(4-5)8(10)11/h2-4,8H. The average Bonchev–Trinajstić information content (AvgIpc) is 2.05. The molecule has 1 rings (SSSR count). The minimum absolute atomic E-state index is 0.00241. The number of nitrogens with zero attached hydrogens (tertiary/aromatic N) is 1. The Kier molecular flexibility index (Phi) is 2.61. The topological polar surface area (TPSA) is 4.36 Å². The fourth-order valence-corrected chi connectivity index (χ4v) is 0.968. The number of benzene rings is 1. The summed E-state index contributed by atoms with van der Waals surface area (Å²) < 4.78 is 24.3. The molecular weight excluding hydrogens is 184 g/mol. The van der Waals surface area contributed by atoms with Crippen LogP contribution < -0.4 is 0 Å². The summed E-state index contributed by atoms with van der Waals surface area (Å²) in [5.41, 5.74) is -0.111. The van der Waals surface area contributed by atoms with Crippen molar-refractivity contribution in [2.45, 2.75) is 6.43 Å². The molecule has 0 unspecified atom stereocenters. The molecule has 0 saturated carbocycles. The molecule has 0 spiro atoms. The van der Waals surface area contributed by atoms with Crippen molar-refractivity contribution in [3.8, 4) is 0 Å². The fraction of sp³-hybridized carbons (Fsp3) is 0.125. The minimum atomic E-state index is -2.63. The summed E-state index contributed by atoms with van der Waals surface area (Å²) in [4.78, 5) is 3.01. The molecule has 12 heavy (non-hydrogen) atoms. The zero-order valence-electron chi connectivity index (χ0n) is 5.89. The van der Waals surface area contributed by atoms with Gasteiger partial charge < -0.3 is 0 Å². The second-order valence-electron chi connectivity index (χ2n) is 2.12. The lowest BCUT2D eigenvalue weighted by Gasteiger charge is -2.01. The van der Waals surface area contributed by atoms with Gasteiger partial charge in [-0.1, -0.05) is 23.7 Å². The van der Waals surface area contributed by atoms with E-state index in [1.54, 1.807) is 0 Å². The molecule has 0 aromatic heterocycles. The zero-order valence-corrected chi connectivity index (χ0v) is 6.65. The molecule has 0 amide bonds. The largest absolute Gasteiger partial charge is 0.264 e. The van der Waals surface area contributed by atoms with Crippen LogP contribution in [0.15, 0.2) is 18.2 Å². The smallest absolute Gasteiger partial charge is 0.238 e. The molecule has 1 aromatic carbocycles.